The third kappa shape index (κ3) is 3.15. The molecule has 2 rings (SSSR count). The molecule has 2 aromatic rings. The van der Waals surface area contributed by atoms with Gasteiger partial charge in [-0.2, -0.15) is 0 Å². The Kier molecular flexibility index (Phi) is 4.03. The van der Waals surface area contributed by atoms with Crippen molar-refractivity contribution in [2.24, 2.45) is 0 Å². The topological polar surface area (TPSA) is 53.4 Å². The average molecular weight is 270 g/mol. The lowest BCUT2D eigenvalue weighted by Gasteiger charge is -2.18. The molecule has 0 aliphatic rings. The quantitative estimate of drug-likeness (QED) is 0.933. The second-order valence-electron chi connectivity index (χ2n) is 5.02. The minimum Gasteiger partial charge on any atom is -0.506 e. The summed E-state index contributed by atoms with van der Waals surface area (Å²) in [6, 6.07) is 7.60. The van der Waals surface area contributed by atoms with Crippen LogP contribution in [0.4, 0.5) is 0 Å². The Morgan fingerprint density at radius 1 is 1.25 bits per heavy atom. The molecule has 1 N–H and O–H groups in total. The van der Waals surface area contributed by atoms with E-state index in [1.54, 1.807) is 11.9 Å². The predicted molar refractivity (Wildman–Crippen MR) is 77.6 cm³/mol. The number of rotatable bonds is 3. The first-order valence-corrected chi connectivity index (χ1v) is 6.43. The van der Waals surface area contributed by atoms with E-state index >= 15 is 0 Å². The number of aromatic hydroxyl groups is 1. The van der Waals surface area contributed by atoms with E-state index in [0.717, 1.165) is 5.56 Å². The zero-order valence-corrected chi connectivity index (χ0v) is 11.9. The number of aromatic nitrogens is 1. The molecule has 1 heterocycles. The molecule has 4 heteroatoms. The summed E-state index contributed by atoms with van der Waals surface area (Å²) in [6.45, 7) is 4.61. The zero-order chi connectivity index (χ0) is 14.7. The van der Waals surface area contributed by atoms with Gasteiger partial charge in [0.25, 0.3) is 5.91 Å². The van der Waals surface area contributed by atoms with Crippen LogP contribution < -0.4 is 0 Å². The first-order valence-electron chi connectivity index (χ1n) is 6.43. The van der Waals surface area contributed by atoms with Gasteiger partial charge in [-0.05, 0) is 31.0 Å². The van der Waals surface area contributed by atoms with Gasteiger partial charge in [-0.25, -0.2) is 0 Å². The molecule has 20 heavy (non-hydrogen) atoms. The van der Waals surface area contributed by atoms with Crippen LogP contribution in [0.25, 0.3) is 0 Å². The summed E-state index contributed by atoms with van der Waals surface area (Å²) >= 11 is 0. The van der Waals surface area contributed by atoms with E-state index in [1.165, 1.54) is 29.6 Å². The third-order valence-corrected chi connectivity index (χ3v) is 3.22. The summed E-state index contributed by atoms with van der Waals surface area (Å²) in [4.78, 5) is 17.7. The summed E-state index contributed by atoms with van der Waals surface area (Å²) in [5.74, 6) is -0.163. The Labute approximate surface area is 118 Å². The number of aryl methyl sites for hydroxylation is 2. The first-order chi connectivity index (χ1) is 9.47. The highest BCUT2D eigenvalue weighted by atomic mass is 16.3. The van der Waals surface area contributed by atoms with E-state index in [4.69, 9.17) is 0 Å². The van der Waals surface area contributed by atoms with Crippen LogP contribution in [0.1, 0.15) is 27.0 Å². The number of nitrogens with zero attached hydrogens (tertiary/aromatic N) is 2. The number of hydrogen-bond donors (Lipinski definition) is 1. The molecule has 0 radical (unpaired) electrons. The fraction of sp³-hybridized carbons (Fsp3) is 0.250. The van der Waals surface area contributed by atoms with Crippen LogP contribution in [0.3, 0.4) is 0 Å². The third-order valence-electron chi connectivity index (χ3n) is 3.22. The van der Waals surface area contributed by atoms with Gasteiger partial charge in [0.15, 0.2) is 0 Å². The highest BCUT2D eigenvalue weighted by Gasteiger charge is 2.13. The van der Waals surface area contributed by atoms with Crippen molar-refractivity contribution in [3.8, 4) is 5.75 Å². The zero-order valence-electron chi connectivity index (χ0n) is 11.9. The van der Waals surface area contributed by atoms with Gasteiger partial charge in [0, 0.05) is 19.8 Å². The normalized spacial score (nSPS) is 10.3. The van der Waals surface area contributed by atoms with Gasteiger partial charge in [0.05, 0.1) is 11.8 Å². The fourth-order valence-electron chi connectivity index (χ4n) is 2.12. The molecule has 0 spiro atoms. The van der Waals surface area contributed by atoms with E-state index < -0.39 is 0 Å². The lowest BCUT2D eigenvalue weighted by molar-refractivity contribution is 0.0784. The largest absolute Gasteiger partial charge is 0.506 e. The molecule has 4 nitrogen and oxygen atoms in total. The number of carbonyl (C=O) groups is 1. The van der Waals surface area contributed by atoms with Crippen LogP contribution in [-0.2, 0) is 6.54 Å². The van der Waals surface area contributed by atoms with E-state index in [0.29, 0.717) is 12.1 Å². The van der Waals surface area contributed by atoms with Crippen LogP contribution in [0.5, 0.6) is 5.75 Å². The molecule has 0 aliphatic heterocycles. The van der Waals surface area contributed by atoms with Gasteiger partial charge in [0.2, 0.25) is 0 Å². The van der Waals surface area contributed by atoms with Crippen molar-refractivity contribution in [1.29, 1.82) is 0 Å². The van der Waals surface area contributed by atoms with Gasteiger partial charge in [-0.1, -0.05) is 23.8 Å². The Balaban J connectivity index is 2.15. The smallest absolute Gasteiger partial charge is 0.255 e. The van der Waals surface area contributed by atoms with Crippen molar-refractivity contribution < 1.29 is 9.90 Å². The van der Waals surface area contributed by atoms with Crippen LogP contribution in [0.2, 0.25) is 0 Å². The highest BCUT2D eigenvalue weighted by Crippen LogP contribution is 2.15. The van der Waals surface area contributed by atoms with Crippen LogP contribution >= 0.6 is 0 Å². The monoisotopic (exact) mass is 270 g/mol. The predicted octanol–water partition coefficient (Wildman–Crippen LogP) is 2.68. The molecule has 0 saturated carbocycles. The molecule has 1 aromatic carbocycles. The molecule has 1 amide bonds. The SMILES string of the molecule is Cc1ccc(CN(C)C(=O)c2cncc(O)c2)c(C)c1. The van der Waals surface area contributed by atoms with Gasteiger partial charge in [-0.3, -0.25) is 9.78 Å². The standard InChI is InChI=1S/C16H18N2O2/c1-11-4-5-13(12(2)6-11)10-18(3)16(20)14-7-15(19)9-17-8-14/h4-9,19H,10H2,1-3H3. The Bertz CT molecular complexity index is 638. The van der Waals surface area contributed by atoms with Gasteiger partial charge in [-0.15, -0.1) is 0 Å². The first kappa shape index (κ1) is 14.1. The Morgan fingerprint density at radius 2 is 2.00 bits per heavy atom. The number of hydrogen-bond acceptors (Lipinski definition) is 3. The summed E-state index contributed by atoms with van der Waals surface area (Å²) in [7, 11) is 1.74. The van der Waals surface area contributed by atoms with E-state index in [-0.39, 0.29) is 11.7 Å². The second-order valence-corrected chi connectivity index (χ2v) is 5.02. The summed E-state index contributed by atoms with van der Waals surface area (Å²) in [5, 5.41) is 9.37. The lowest BCUT2D eigenvalue weighted by atomic mass is 10.1. The summed E-state index contributed by atoms with van der Waals surface area (Å²) in [6.07, 6.45) is 2.77. The molecule has 0 atom stereocenters. The Morgan fingerprint density at radius 3 is 2.65 bits per heavy atom. The van der Waals surface area contributed by atoms with E-state index in [2.05, 4.69) is 11.1 Å². The maximum atomic E-state index is 12.3. The molecule has 104 valence electrons. The summed E-state index contributed by atoms with van der Waals surface area (Å²) in [5.41, 5.74) is 3.87. The van der Waals surface area contributed by atoms with Crippen molar-refractivity contribution in [3.63, 3.8) is 0 Å². The van der Waals surface area contributed by atoms with Gasteiger partial charge < -0.3 is 10.0 Å². The number of benzene rings is 1. The number of pyridine rings is 1. The Hall–Kier alpha value is -2.36. The van der Waals surface area contributed by atoms with Crippen molar-refractivity contribution in [3.05, 3.63) is 58.9 Å². The summed E-state index contributed by atoms with van der Waals surface area (Å²) < 4.78 is 0. The molecule has 0 aliphatic carbocycles. The molecular weight excluding hydrogens is 252 g/mol. The highest BCUT2D eigenvalue weighted by molar-refractivity contribution is 5.94. The van der Waals surface area contributed by atoms with Crippen molar-refractivity contribution in [2.45, 2.75) is 20.4 Å². The molecule has 0 fully saturated rings. The second kappa shape index (κ2) is 5.74. The van der Waals surface area contributed by atoms with E-state index in [1.807, 2.05) is 26.0 Å². The molecular formula is C16H18N2O2. The lowest BCUT2D eigenvalue weighted by Crippen LogP contribution is -2.26. The van der Waals surface area contributed by atoms with E-state index in [9.17, 15) is 9.90 Å². The fourth-order valence-corrected chi connectivity index (χ4v) is 2.12. The van der Waals surface area contributed by atoms with Crippen molar-refractivity contribution >= 4 is 5.91 Å². The minimum absolute atomic E-state index is 0.00392. The van der Waals surface area contributed by atoms with Crippen LogP contribution in [-0.4, -0.2) is 27.9 Å². The van der Waals surface area contributed by atoms with Gasteiger partial charge >= 0.3 is 0 Å². The van der Waals surface area contributed by atoms with Crippen LogP contribution in [0.15, 0.2) is 36.7 Å². The molecule has 0 bridgehead atoms. The van der Waals surface area contributed by atoms with Crippen molar-refractivity contribution in [1.82, 2.24) is 9.88 Å². The minimum atomic E-state index is -0.159. The maximum Gasteiger partial charge on any atom is 0.255 e. The van der Waals surface area contributed by atoms with Crippen molar-refractivity contribution in [2.75, 3.05) is 7.05 Å². The van der Waals surface area contributed by atoms with Gasteiger partial charge in [0.1, 0.15) is 5.75 Å². The average Bonchev–Trinajstić information content (AvgIpc) is 2.41. The van der Waals surface area contributed by atoms with Crippen LogP contribution in [0, 0.1) is 13.8 Å². The molecule has 0 saturated heterocycles. The number of carbonyl (C=O) groups excluding carboxylic acids is 1. The molecule has 1 aromatic heterocycles. The molecule has 0 unspecified atom stereocenters. The maximum absolute atomic E-state index is 12.3. The number of amides is 1.